The molecule has 0 fully saturated rings. The third-order valence-corrected chi connectivity index (χ3v) is 4.82. The topological polar surface area (TPSA) is 39.9 Å². The lowest BCUT2D eigenvalue weighted by molar-refractivity contribution is 0.343. The fourth-order valence-electron chi connectivity index (χ4n) is 2.63. The summed E-state index contributed by atoms with van der Waals surface area (Å²) >= 11 is 1.68. The monoisotopic (exact) mass is 333 g/mol. The maximum absolute atomic E-state index is 5.86. The standard InChI is InChI=1S/C18H27N3OS/c1-12(2)16-8-7-15(11-14(16)5)22-9-10-23-18-20-19-17(13(3)4)21(18)6/h7-8,11-13H,9-10H2,1-6H3. The summed E-state index contributed by atoms with van der Waals surface area (Å²) in [6.07, 6.45) is 0. The molecule has 0 atom stereocenters. The molecule has 0 saturated heterocycles. The predicted octanol–water partition coefficient (Wildman–Crippen LogP) is 4.54. The number of ether oxygens (including phenoxy) is 1. The highest BCUT2D eigenvalue weighted by molar-refractivity contribution is 7.99. The van der Waals surface area contributed by atoms with Crippen LogP contribution in [-0.4, -0.2) is 27.1 Å². The first-order valence-electron chi connectivity index (χ1n) is 8.15. The van der Waals surface area contributed by atoms with Crippen LogP contribution >= 0.6 is 11.8 Å². The van der Waals surface area contributed by atoms with Crippen molar-refractivity contribution in [3.63, 3.8) is 0 Å². The zero-order valence-corrected chi connectivity index (χ0v) is 15.8. The summed E-state index contributed by atoms with van der Waals surface area (Å²) < 4.78 is 7.93. The first-order valence-corrected chi connectivity index (χ1v) is 9.14. The van der Waals surface area contributed by atoms with E-state index in [2.05, 4.69) is 67.6 Å². The van der Waals surface area contributed by atoms with Gasteiger partial charge in [0.1, 0.15) is 11.6 Å². The van der Waals surface area contributed by atoms with Gasteiger partial charge in [-0.15, -0.1) is 10.2 Å². The van der Waals surface area contributed by atoms with E-state index in [-0.39, 0.29) is 0 Å². The SMILES string of the molecule is Cc1cc(OCCSc2nnc(C(C)C)n2C)ccc1C(C)C. The minimum Gasteiger partial charge on any atom is -0.493 e. The van der Waals surface area contributed by atoms with Gasteiger partial charge in [0.15, 0.2) is 5.16 Å². The van der Waals surface area contributed by atoms with Crippen molar-refractivity contribution in [3.05, 3.63) is 35.2 Å². The summed E-state index contributed by atoms with van der Waals surface area (Å²) in [6, 6.07) is 6.35. The molecule has 126 valence electrons. The number of hydrogen-bond donors (Lipinski definition) is 0. The van der Waals surface area contributed by atoms with Gasteiger partial charge in [-0.2, -0.15) is 0 Å². The molecule has 0 N–H and O–H groups in total. The summed E-state index contributed by atoms with van der Waals surface area (Å²) in [6.45, 7) is 11.5. The Morgan fingerprint density at radius 1 is 1.13 bits per heavy atom. The Bertz CT molecular complexity index is 650. The fourth-order valence-corrected chi connectivity index (χ4v) is 3.37. The Morgan fingerprint density at radius 2 is 1.87 bits per heavy atom. The van der Waals surface area contributed by atoms with Gasteiger partial charge in [0.25, 0.3) is 0 Å². The molecule has 0 bridgehead atoms. The van der Waals surface area contributed by atoms with Crippen LogP contribution in [0.5, 0.6) is 5.75 Å². The van der Waals surface area contributed by atoms with Crippen molar-refractivity contribution in [2.24, 2.45) is 7.05 Å². The van der Waals surface area contributed by atoms with Crippen LogP contribution in [0.4, 0.5) is 0 Å². The largest absolute Gasteiger partial charge is 0.493 e. The molecule has 2 aromatic rings. The van der Waals surface area contributed by atoms with E-state index in [0.29, 0.717) is 18.4 Å². The second-order valence-corrected chi connectivity index (χ2v) is 7.49. The number of aromatic nitrogens is 3. The van der Waals surface area contributed by atoms with Crippen LogP contribution in [-0.2, 0) is 7.05 Å². The molecule has 0 aliphatic rings. The highest BCUT2D eigenvalue weighted by atomic mass is 32.2. The maximum atomic E-state index is 5.86. The van der Waals surface area contributed by atoms with Crippen LogP contribution < -0.4 is 4.74 Å². The molecule has 1 aromatic carbocycles. The average molecular weight is 334 g/mol. The zero-order valence-electron chi connectivity index (χ0n) is 15.0. The van der Waals surface area contributed by atoms with Gasteiger partial charge < -0.3 is 9.30 Å². The number of benzene rings is 1. The van der Waals surface area contributed by atoms with E-state index >= 15 is 0 Å². The van der Waals surface area contributed by atoms with Gasteiger partial charge in [-0.3, -0.25) is 0 Å². The molecular weight excluding hydrogens is 306 g/mol. The van der Waals surface area contributed by atoms with Crippen LogP contribution in [0.2, 0.25) is 0 Å². The van der Waals surface area contributed by atoms with Crippen molar-refractivity contribution >= 4 is 11.8 Å². The first kappa shape index (κ1) is 17.9. The normalized spacial score (nSPS) is 11.5. The van der Waals surface area contributed by atoms with Crippen LogP contribution in [0.25, 0.3) is 0 Å². The Hall–Kier alpha value is -1.49. The first-order chi connectivity index (χ1) is 10.9. The summed E-state index contributed by atoms with van der Waals surface area (Å²) in [5.74, 6) is 3.75. The van der Waals surface area contributed by atoms with Gasteiger partial charge >= 0.3 is 0 Å². The van der Waals surface area contributed by atoms with Gasteiger partial charge in [0, 0.05) is 18.7 Å². The van der Waals surface area contributed by atoms with Crippen molar-refractivity contribution in [2.45, 2.75) is 51.6 Å². The molecule has 0 spiro atoms. The lowest BCUT2D eigenvalue weighted by Gasteiger charge is -2.12. The minimum absolute atomic E-state index is 0.389. The molecule has 2 rings (SSSR count). The van der Waals surface area contributed by atoms with Crippen molar-refractivity contribution in [1.29, 1.82) is 0 Å². The lowest BCUT2D eigenvalue weighted by atomic mass is 9.98. The molecule has 1 heterocycles. The Kier molecular flexibility index (Phi) is 6.10. The van der Waals surface area contributed by atoms with Crippen molar-refractivity contribution in [1.82, 2.24) is 14.8 Å². The van der Waals surface area contributed by atoms with Crippen molar-refractivity contribution < 1.29 is 4.74 Å². The molecule has 0 aliphatic carbocycles. The van der Waals surface area contributed by atoms with E-state index in [0.717, 1.165) is 22.5 Å². The van der Waals surface area contributed by atoms with E-state index in [1.54, 1.807) is 11.8 Å². The van der Waals surface area contributed by atoms with Gasteiger partial charge in [-0.25, -0.2) is 0 Å². The molecule has 0 radical (unpaired) electrons. The highest BCUT2D eigenvalue weighted by Crippen LogP contribution is 2.24. The van der Waals surface area contributed by atoms with Crippen LogP contribution in [0, 0.1) is 6.92 Å². The van der Waals surface area contributed by atoms with Crippen molar-refractivity contribution in [3.8, 4) is 5.75 Å². The molecule has 0 saturated carbocycles. The van der Waals surface area contributed by atoms with Crippen LogP contribution in [0.1, 0.15) is 56.5 Å². The number of rotatable bonds is 7. The summed E-state index contributed by atoms with van der Waals surface area (Å²) in [5, 5.41) is 9.44. The molecule has 0 unspecified atom stereocenters. The number of aryl methyl sites for hydroxylation is 1. The van der Waals surface area contributed by atoms with E-state index in [9.17, 15) is 0 Å². The molecule has 23 heavy (non-hydrogen) atoms. The second kappa shape index (κ2) is 7.86. The fraction of sp³-hybridized carbons (Fsp3) is 0.556. The average Bonchev–Trinajstić information content (AvgIpc) is 2.84. The van der Waals surface area contributed by atoms with E-state index < -0.39 is 0 Å². The maximum Gasteiger partial charge on any atom is 0.191 e. The summed E-state index contributed by atoms with van der Waals surface area (Å²) in [4.78, 5) is 0. The third kappa shape index (κ3) is 4.50. The van der Waals surface area contributed by atoms with Gasteiger partial charge in [-0.05, 0) is 36.1 Å². The zero-order chi connectivity index (χ0) is 17.0. The number of nitrogens with zero attached hydrogens (tertiary/aromatic N) is 3. The van der Waals surface area contributed by atoms with Gasteiger partial charge in [-0.1, -0.05) is 45.5 Å². The number of hydrogen-bond acceptors (Lipinski definition) is 4. The van der Waals surface area contributed by atoms with Gasteiger partial charge in [0.05, 0.1) is 6.61 Å². The van der Waals surface area contributed by atoms with E-state index in [4.69, 9.17) is 4.74 Å². The predicted molar refractivity (Wildman–Crippen MR) is 96.6 cm³/mol. The highest BCUT2D eigenvalue weighted by Gasteiger charge is 2.12. The Balaban J connectivity index is 1.85. The van der Waals surface area contributed by atoms with E-state index in [1.165, 1.54) is 11.1 Å². The van der Waals surface area contributed by atoms with Crippen LogP contribution in [0.3, 0.4) is 0 Å². The Morgan fingerprint density at radius 3 is 2.43 bits per heavy atom. The molecule has 1 aromatic heterocycles. The smallest absolute Gasteiger partial charge is 0.191 e. The second-order valence-electron chi connectivity index (χ2n) is 6.42. The molecule has 4 nitrogen and oxygen atoms in total. The molecule has 0 aliphatic heterocycles. The van der Waals surface area contributed by atoms with Crippen molar-refractivity contribution in [2.75, 3.05) is 12.4 Å². The Labute approximate surface area is 143 Å². The van der Waals surface area contributed by atoms with Crippen LogP contribution in [0.15, 0.2) is 23.4 Å². The van der Waals surface area contributed by atoms with Gasteiger partial charge in [0.2, 0.25) is 0 Å². The summed E-state index contributed by atoms with van der Waals surface area (Å²) in [7, 11) is 2.02. The summed E-state index contributed by atoms with van der Waals surface area (Å²) in [5.41, 5.74) is 2.67. The van der Waals surface area contributed by atoms with E-state index in [1.807, 2.05) is 7.05 Å². The third-order valence-electron chi connectivity index (χ3n) is 3.83. The molecule has 0 amide bonds. The minimum atomic E-state index is 0.389. The number of thioether (sulfide) groups is 1. The lowest BCUT2D eigenvalue weighted by Crippen LogP contribution is -2.04. The molecular formula is C18H27N3OS. The molecule has 5 heteroatoms. The quantitative estimate of drug-likeness (QED) is 0.551.